The summed E-state index contributed by atoms with van der Waals surface area (Å²) in [5.74, 6) is 0.832. The van der Waals surface area contributed by atoms with Crippen molar-refractivity contribution in [3.63, 3.8) is 0 Å². The van der Waals surface area contributed by atoms with Gasteiger partial charge in [0.15, 0.2) is 0 Å². The highest BCUT2D eigenvalue weighted by atomic mass is 19.4. The zero-order valence-corrected chi connectivity index (χ0v) is 16.5. The average Bonchev–Trinajstić information content (AvgIpc) is 3.33. The van der Waals surface area contributed by atoms with Crippen LogP contribution in [0.15, 0.2) is 61.2 Å². The number of nitrogens with zero attached hydrogens (tertiary/aromatic N) is 5. The van der Waals surface area contributed by atoms with Crippen molar-refractivity contribution in [3.05, 3.63) is 66.7 Å². The molecule has 31 heavy (non-hydrogen) atoms. The third kappa shape index (κ3) is 3.78. The zero-order chi connectivity index (χ0) is 21.4. The number of aromatic nitrogens is 4. The van der Waals surface area contributed by atoms with E-state index in [4.69, 9.17) is 0 Å². The highest BCUT2D eigenvalue weighted by Crippen LogP contribution is 2.33. The predicted octanol–water partition coefficient (Wildman–Crippen LogP) is 4.37. The molecule has 1 N–H and O–H groups in total. The molecule has 0 bridgehead atoms. The van der Waals surface area contributed by atoms with Crippen molar-refractivity contribution in [3.8, 4) is 11.1 Å². The Balaban J connectivity index is 1.39. The number of hydrogen-bond donors (Lipinski definition) is 1. The molecule has 9 heteroatoms. The van der Waals surface area contributed by atoms with Crippen LogP contribution < -0.4 is 9.80 Å². The molecule has 3 heterocycles. The quantitative estimate of drug-likeness (QED) is 0.529. The molecule has 1 fully saturated rings. The van der Waals surface area contributed by atoms with Crippen molar-refractivity contribution in [1.29, 1.82) is 0 Å². The van der Waals surface area contributed by atoms with Crippen LogP contribution in [-0.2, 0) is 6.18 Å². The van der Waals surface area contributed by atoms with E-state index < -0.39 is 11.7 Å². The summed E-state index contributed by atoms with van der Waals surface area (Å²) in [6, 6.07) is 11.5. The van der Waals surface area contributed by atoms with E-state index >= 15 is 0 Å². The van der Waals surface area contributed by atoms with Gasteiger partial charge in [-0.15, -0.1) is 0 Å². The van der Waals surface area contributed by atoms with Crippen molar-refractivity contribution >= 4 is 22.4 Å². The Morgan fingerprint density at radius 2 is 1.68 bits per heavy atom. The minimum atomic E-state index is -4.34. The van der Waals surface area contributed by atoms with Gasteiger partial charge in [-0.3, -0.25) is 5.10 Å². The number of fused-ring (bicyclic) bond motifs is 1. The summed E-state index contributed by atoms with van der Waals surface area (Å²) in [5, 5.41) is 7.77. The van der Waals surface area contributed by atoms with Crippen LogP contribution in [0.4, 0.5) is 24.7 Å². The van der Waals surface area contributed by atoms with Crippen LogP contribution >= 0.6 is 0 Å². The van der Waals surface area contributed by atoms with Crippen LogP contribution in [0.5, 0.6) is 0 Å². The van der Waals surface area contributed by atoms with Crippen molar-refractivity contribution in [2.75, 3.05) is 36.0 Å². The molecule has 2 aromatic heterocycles. The number of rotatable bonds is 3. The molecule has 0 saturated carbocycles. The smallest absolute Gasteiger partial charge is 0.368 e. The predicted molar refractivity (Wildman–Crippen MR) is 113 cm³/mol. The summed E-state index contributed by atoms with van der Waals surface area (Å²) in [6.07, 6.45) is 0.801. The number of alkyl halides is 3. The molecule has 1 saturated heterocycles. The maximum Gasteiger partial charge on any atom is 0.416 e. The number of anilines is 2. The SMILES string of the molecule is FC(F)(F)c1cccc(N2CCN(c3ncnc4ccc(-c5cn[nH]c5)cc34)CC2)c1. The minimum absolute atomic E-state index is 0.587. The molecule has 2 aromatic carbocycles. The molecule has 4 aromatic rings. The number of nitrogens with one attached hydrogen (secondary N) is 1. The van der Waals surface area contributed by atoms with Gasteiger partial charge in [0.05, 0.1) is 17.3 Å². The first-order chi connectivity index (χ1) is 15.0. The van der Waals surface area contributed by atoms with Crippen molar-refractivity contribution < 1.29 is 13.2 Å². The first kappa shape index (κ1) is 19.3. The summed E-state index contributed by atoms with van der Waals surface area (Å²) in [6.45, 7) is 2.51. The lowest BCUT2D eigenvalue weighted by Crippen LogP contribution is -2.47. The molecule has 0 atom stereocenters. The van der Waals surface area contributed by atoms with Crippen LogP contribution in [-0.4, -0.2) is 46.3 Å². The second-order valence-corrected chi connectivity index (χ2v) is 7.44. The largest absolute Gasteiger partial charge is 0.416 e. The van der Waals surface area contributed by atoms with Crippen LogP contribution in [0.1, 0.15) is 5.56 Å². The fourth-order valence-electron chi connectivity index (χ4n) is 3.94. The molecule has 1 aliphatic rings. The van der Waals surface area contributed by atoms with Crippen molar-refractivity contribution in [1.82, 2.24) is 20.2 Å². The Kier molecular flexibility index (Phi) is 4.72. The van der Waals surface area contributed by atoms with E-state index in [-0.39, 0.29) is 0 Å². The molecular weight excluding hydrogens is 405 g/mol. The summed E-state index contributed by atoms with van der Waals surface area (Å²) in [7, 11) is 0. The lowest BCUT2D eigenvalue weighted by molar-refractivity contribution is -0.137. The molecular formula is C22H19F3N6. The van der Waals surface area contributed by atoms with E-state index in [2.05, 4.69) is 31.1 Å². The van der Waals surface area contributed by atoms with Gasteiger partial charge in [-0.05, 0) is 35.9 Å². The van der Waals surface area contributed by atoms with E-state index in [0.29, 0.717) is 31.9 Å². The standard InChI is InChI=1S/C22H19F3N6/c23-22(24,25)17-2-1-3-18(11-17)30-6-8-31(9-7-30)21-19-10-15(16-12-28-29-13-16)4-5-20(19)26-14-27-21/h1-5,10-14H,6-9H2,(H,28,29). The monoisotopic (exact) mass is 424 g/mol. The third-order valence-electron chi connectivity index (χ3n) is 5.56. The van der Waals surface area contributed by atoms with Gasteiger partial charge < -0.3 is 9.80 Å². The van der Waals surface area contributed by atoms with Gasteiger partial charge in [0, 0.05) is 49.0 Å². The van der Waals surface area contributed by atoms with E-state index in [1.54, 1.807) is 18.6 Å². The Hall–Kier alpha value is -3.62. The van der Waals surface area contributed by atoms with Gasteiger partial charge in [0.25, 0.3) is 0 Å². The average molecular weight is 424 g/mol. The first-order valence-electron chi connectivity index (χ1n) is 9.90. The lowest BCUT2D eigenvalue weighted by atomic mass is 10.1. The second-order valence-electron chi connectivity index (χ2n) is 7.44. The van der Waals surface area contributed by atoms with Gasteiger partial charge >= 0.3 is 6.18 Å². The summed E-state index contributed by atoms with van der Waals surface area (Å²) in [5.41, 5.74) is 2.80. The topological polar surface area (TPSA) is 60.9 Å². The van der Waals surface area contributed by atoms with Crippen LogP contribution in [0.2, 0.25) is 0 Å². The Morgan fingerprint density at radius 3 is 2.42 bits per heavy atom. The van der Waals surface area contributed by atoms with E-state index in [1.807, 2.05) is 23.2 Å². The fourth-order valence-corrected chi connectivity index (χ4v) is 3.94. The van der Waals surface area contributed by atoms with Crippen LogP contribution in [0.25, 0.3) is 22.0 Å². The first-order valence-corrected chi connectivity index (χ1v) is 9.90. The molecule has 0 aliphatic carbocycles. The number of aromatic amines is 1. The summed E-state index contributed by atoms with van der Waals surface area (Å²) >= 11 is 0. The van der Waals surface area contributed by atoms with Gasteiger partial charge in [0.1, 0.15) is 12.1 Å². The molecule has 158 valence electrons. The number of benzene rings is 2. The number of hydrogen-bond acceptors (Lipinski definition) is 5. The number of piperazine rings is 1. The molecule has 6 nitrogen and oxygen atoms in total. The summed E-state index contributed by atoms with van der Waals surface area (Å²) < 4.78 is 39.2. The highest BCUT2D eigenvalue weighted by Gasteiger charge is 2.31. The minimum Gasteiger partial charge on any atom is -0.368 e. The molecule has 5 rings (SSSR count). The Morgan fingerprint density at radius 1 is 0.871 bits per heavy atom. The van der Waals surface area contributed by atoms with Gasteiger partial charge in [-0.1, -0.05) is 12.1 Å². The highest BCUT2D eigenvalue weighted by molar-refractivity contribution is 5.92. The third-order valence-corrected chi connectivity index (χ3v) is 5.56. The van der Waals surface area contributed by atoms with Gasteiger partial charge in [-0.2, -0.15) is 18.3 Å². The fraction of sp³-hybridized carbons (Fsp3) is 0.227. The maximum atomic E-state index is 13.1. The molecule has 0 unspecified atom stereocenters. The second kappa shape index (κ2) is 7.57. The van der Waals surface area contributed by atoms with Crippen molar-refractivity contribution in [2.45, 2.75) is 6.18 Å². The molecule has 0 spiro atoms. The maximum absolute atomic E-state index is 13.1. The number of H-pyrrole nitrogens is 1. The normalized spacial score (nSPS) is 14.9. The van der Waals surface area contributed by atoms with E-state index in [9.17, 15) is 13.2 Å². The molecule has 0 amide bonds. The number of halogens is 3. The van der Waals surface area contributed by atoms with Crippen molar-refractivity contribution in [2.24, 2.45) is 0 Å². The Labute approximate surface area is 176 Å². The molecule has 1 aliphatic heterocycles. The van der Waals surface area contributed by atoms with Crippen LogP contribution in [0.3, 0.4) is 0 Å². The van der Waals surface area contributed by atoms with Gasteiger partial charge in [0.2, 0.25) is 0 Å². The van der Waals surface area contributed by atoms with E-state index in [1.165, 1.54) is 12.1 Å². The van der Waals surface area contributed by atoms with E-state index in [0.717, 1.165) is 33.9 Å². The van der Waals surface area contributed by atoms with Crippen LogP contribution in [0, 0.1) is 0 Å². The zero-order valence-electron chi connectivity index (χ0n) is 16.5. The molecule has 0 radical (unpaired) electrons. The summed E-state index contributed by atoms with van der Waals surface area (Å²) in [4.78, 5) is 13.0. The van der Waals surface area contributed by atoms with Gasteiger partial charge in [-0.25, -0.2) is 9.97 Å². The lowest BCUT2D eigenvalue weighted by Gasteiger charge is -2.37. The Bertz CT molecular complexity index is 1200.